The lowest BCUT2D eigenvalue weighted by Gasteiger charge is -2.43. The van der Waals surface area contributed by atoms with Gasteiger partial charge in [-0.25, -0.2) is 0 Å². The van der Waals surface area contributed by atoms with Gasteiger partial charge in [-0.1, -0.05) is 93.1 Å². The van der Waals surface area contributed by atoms with Crippen molar-refractivity contribution in [3.63, 3.8) is 0 Å². The van der Waals surface area contributed by atoms with Crippen molar-refractivity contribution in [2.24, 2.45) is 5.41 Å². The van der Waals surface area contributed by atoms with E-state index < -0.39 is 0 Å². The van der Waals surface area contributed by atoms with Gasteiger partial charge in [-0.3, -0.25) is 0 Å². The third-order valence-electron chi connectivity index (χ3n) is 4.99. The Hall–Kier alpha value is -2.28. The summed E-state index contributed by atoms with van der Waals surface area (Å²) in [6, 6.07) is 10.6. The second kappa shape index (κ2) is 6.08. The maximum absolute atomic E-state index is 4.09. The lowest BCUT2D eigenvalue weighted by molar-refractivity contribution is 0.513. The Labute approximate surface area is 140 Å². The molecule has 1 aromatic carbocycles. The molecule has 0 aromatic heterocycles. The van der Waals surface area contributed by atoms with E-state index in [0.717, 1.165) is 6.42 Å². The average molecular weight is 297 g/mol. The fourth-order valence-corrected chi connectivity index (χ4v) is 3.92. The maximum atomic E-state index is 4.09. The molecule has 0 saturated heterocycles. The van der Waals surface area contributed by atoms with Crippen LogP contribution < -0.4 is 0 Å². The zero-order chi connectivity index (χ0) is 16.4. The number of rotatable bonds is 4. The van der Waals surface area contributed by atoms with E-state index in [1.54, 1.807) is 0 Å². The van der Waals surface area contributed by atoms with Gasteiger partial charge < -0.3 is 0 Å². The Kier molecular flexibility index (Phi) is 4.13. The Bertz CT molecular complexity index is 771. The summed E-state index contributed by atoms with van der Waals surface area (Å²) in [4.78, 5) is 0. The minimum absolute atomic E-state index is 0.00922. The molecule has 0 fully saturated rings. The van der Waals surface area contributed by atoms with E-state index in [9.17, 15) is 0 Å². The molecule has 2 aliphatic rings. The van der Waals surface area contributed by atoms with Crippen LogP contribution >= 0.6 is 0 Å². The van der Waals surface area contributed by atoms with Gasteiger partial charge in [0.05, 0.1) is 0 Å². The number of fused-ring (bicyclic) bond motifs is 1. The maximum Gasteiger partial charge on any atom is 0.144 e. The summed E-state index contributed by atoms with van der Waals surface area (Å²) in [7, 11) is 2.23. The van der Waals surface area contributed by atoms with Crippen molar-refractivity contribution >= 4 is 12.9 Å². The van der Waals surface area contributed by atoms with Crippen molar-refractivity contribution in [3.05, 3.63) is 102 Å². The molecule has 1 heteroatoms. The van der Waals surface area contributed by atoms with Crippen LogP contribution in [0.15, 0.2) is 96.1 Å². The van der Waals surface area contributed by atoms with Crippen LogP contribution in [0.3, 0.4) is 0 Å². The van der Waals surface area contributed by atoms with Crippen LogP contribution in [0.4, 0.5) is 0 Å². The van der Waals surface area contributed by atoms with Gasteiger partial charge in [0.15, 0.2) is 0 Å². The quantitative estimate of drug-likeness (QED) is 0.623. The van der Waals surface area contributed by atoms with Crippen LogP contribution in [-0.4, -0.2) is 7.28 Å². The van der Waals surface area contributed by atoms with E-state index in [4.69, 9.17) is 0 Å². The summed E-state index contributed by atoms with van der Waals surface area (Å²) in [5, 5.41) is 0. The fourth-order valence-electron chi connectivity index (χ4n) is 3.92. The molecule has 0 N–H and O–H groups in total. The molecule has 0 aliphatic heterocycles. The first-order chi connectivity index (χ1) is 11.2. The Balaban J connectivity index is 2.40. The summed E-state index contributed by atoms with van der Waals surface area (Å²) < 4.78 is 0. The second-order valence-electron chi connectivity index (χ2n) is 6.22. The number of hydrogen-bond donors (Lipinski definition) is 0. The Morgan fingerprint density at radius 2 is 1.78 bits per heavy atom. The van der Waals surface area contributed by atoms with Crippen molar-refractivity contribution in [3.8, 4) is 0 Å². The molecule has 113 valence electrons. The largest absolute Gasteiger partial charge is 0.144 e. The summed E-state index contributed by atoms with van der Waals surface area (Å²) >= 11 is 0. The average Bonchev–Trinajstić information content (AvgIpc) is 2.59. The van der Waals surface area contributed by atoms with Crippen LogP contribution in [0.25, 0.3) is 5.57 Å². The molecule has 1 atom stereocenters. The molecule has 1 radical (unpaired) electrons. The minimum atomic E-state index is -0.00922. The van der Waals surface area contributed by atoms with Crippen molar-refractivity contribution < 1.29 is 0 Å². The van der Waals surface area contributed by atoms with Crippen LogP contribution in [0.1, 0.15) is 18.9 Å². The molecule has 0 spiro atoms. The van der Waals surface area contributed by atoms with Gasteiger partial charge >= 0.3 is 0 Å². The molecule has 2 aliphatic carbocycles. The SMILES string of the molecule is C=CC1=C(c2ccccc2)C2=CC=CCC2(C)C([B]C)=C1C=C. The highest BCUT2D eigenvalue weighted by molar-refractivity contribution is 6.45. The molecule has 0 amide bonds. The van der Waals surface area contributed by atoms with Gasteiger partial charge in [0.1, 0.15) is 7.28 Å². The van der Waals surface area contributed by atoms with E-state index in [0.29, 0.717) is 0 Å². The number of hydrogen-bond acceptors (Lipinski definition) is 0. The number of allylic oxidation sites excluding steroid dienone is 10. The predicted molar refractivity (Wildman–Crippen MR) is 102 cm³/mol. The zero-order valence-electron chi connectivity index (χ0n) is 14.0. The van der Waals surface area contributed by atoms with E-state index in [-0.39, 0.29) is 5.41 Å². The smallest absolute Gasteiger partial charge is 0.0985 e. The van der Waals surface area contributed by atoms with E-state index in [1.807, 2.05) is 12.2 Å². The van der Waals surface area contributed by atoms with Gasteiger partial charge in [0.25, 0.3) is 0 Å². The molecule has 0 saturated carbocycles. The lowest BCUT2D eigenvalue weighted by atomic mass is 9.50. The van der Waals surface area contributed by atoms with Crippen molar-refractivity contribution in [2.75, 3.05) is 0 Å². The number of benzene rings is 1. The Morgan fingerprint density at radius 1 is 1.09 bits per heavy atom. The van der Waals surface area contributed by atoms with Crippen LogP contribution in [-0.2, 0) is 0 Å². The van der Waals surface area contributed by atoms with E-state index >= 15 is 0 Å². The van der Waals surface area contributed by atoms with E-state index in [1.165, 1.54) is 33.3 Å². The molecule has 0 nitrogen and oxygen atoms in total. The molecule has 23 heavy (non-hydrogen) atoms. The highest BCUT2D eigenvalue weighted by atomic mass is 14.4. The van der Waals surface area contributed by atoms with Gasteiger partial charge in [0.2, 0.25) is 0 Å². The standard InChI is InChI=1S/C22H22B/c1-5-17-18(6-2)21(23-4)22(3)15-11-10-14-19(22)20(17)16-12-8-7-9-13-16/h5-14H,1-2,15H2,3-4H3. The van der Waals surface area contributed by atoms with Crippen molar-refractivity contribution in [1.29, 1.82) is 0 Å². The van der Waals surface area contributed by atoms with E-state index in [2.05, 4.69) is 82.7 Å². The second-order valence-corrected chi connectivity index (χ2v) is 6.22. The van der Waals surface area contributed by atoms with Gasteiger partial charge in [-0.05, 0) is 34.3 Å². The van der Waals surface area contributed by atoms with Gasteiger partial charge in [-0.15, -0.1) is 0 Å². The summed E-state index contributed by atoms with van der Waals surface area (Å²) in [6.07, 6.45) is 11.7. The van der Waals surface area contributed by atoms with Gasteiger partial charge in [0, 0.05) is 5.41 Å². The summed E-state index contributed by atoms with van der Waals surface area (Å²) in [5.74, 6) is 0. The third-order valence-corrected chi connectivity index (χ3v) is 4.99. The van der Waals surface area contributed by atoms with Crippen LogP contribution in [0.5, 0.6) is 0 Å². The van der Waals surface area contributed by atoms with Crippen LogP contribution in [0.2, 0.25) is 6.82 Å². The normalized spacial score (nSPS) is 23.3. The highest BCUT2D eigenvalue weighted by Gasteiger charge is 2.40. The first-order valence-electron chi connectivity index (χ1n) is 8.14. The van der Waals surface area contributed by atoms with Crippen LogP contribution in [0, 0.1) is 5.41 Å². The molecule has 1 aromatic rings. The fraction of sp³-hybridized carbons (Fsp3) is 0.182. The lowest BCUT2D eigenvalue weighted by Crippen LogP contribution is -2.31. The van der Waals surface area contributed by atoms with Crippen molar-refractivity contribution in [2.45, 2.75) is 20.2 Å². The monoisotopic (exact) mass is 297 g/mol. The summed E-state index contributed by atoms with van der Waals surface area (Å²) in [5.41, 5.74) is 7.62. The summed E-state index contributed by atoms with van der Waals surface area (Å²) in [6.45, 7) is 12.6. The predicted octanol–water partition coefficient (Wildman–Crippen LogP) is 5.72. The van der Waals surface area contributed by atoms with Crippen molar-refractivity contribution in [1.82, 2.24) is 0 Å². The Morgan fingerprint density at radius 3 is 2.39 bits per heavy atom. The molecule has 0 heterocycles. The highest BCUT2D eigenvalue weighted by Crippen LogP contribution is 2.53. The molecule has 1 unspecified atom stereocenters. The first-order valence-corrected chi connectivity index (χ1v) is 8.14. The first kappa shape index (κ1) is 15.6. The van der Waals surface area contributed by atoms with Gasteiger partial charge in [-0.2, -0.15) is 0 Å². The topological polar surface area (TPSA) is 0 Å². The molecule has 0 bridgehead atoms. The molecular weight excluding hydrogens is 275 g/mol. The molecule has 3 rings (SSSR count). The zero-order valence-corrected chi connectivity index (χ0v) is 14.0. The minimum Gasteiger partial charge on any atom is -0.0985 e. The molecular formula is C22H22B. The third kappa shape index (κ3) is 2.32.